The zero-order valence-corrected chi connectivity index (χ0v) is 11.6. The molecule has 2 N–H and O–H groups in total. The Morgan fingerprint density at radius 2 is 2.14 bits per heavy atom. The maximum Gasteiger partial charge on any atom is 0.303 e. The molecule has 1 aromatic carbocycles. The molecule has 0 saturated heterocycles. The number of halogens is 1. The van der Waals surface area contributed by atoms with Crippen LogP contribution in [0.2, 0.25) is 0 Å². The molecule has 0 bridgehead atoms. The number of carboxylic acids is 1. The summed E-state index contributed by atoms with van der Waals surface area (Å²) in [5.74, 6) is -0.524. The van der Waals surface area contributed by atoms with E-state index in [2.05, 4.69) is 15.5 Å². The minimum absolute atomic E-state index is 0.112. The predicted octanol–water partition coefficient (Wildman–Crippen LogP) is 2.87. The minimum Gasteiger partial charge on any atom is -0.481 e. The molecular weight excluding hydrogens is 273 g/mol. The fourth-order valence-electron chi connectivity index (χ4n) is 1.90. The van der Waals surface area contributed by atoms with Crippen LogP contribution >= 0.6 is 0 Å². The second-order valence-electron chi connectivity index (χ2n) is 4.70. The smallest absolute Gasteiger partial charge is 0.303 e. The van der Waals surface area contributed by atoms with Gasteiger partial charge in [0.25, 0.3) is 0 Å². The fourth-order valence-corrected chi connectivity index (χ4v) is 1.90. The number of hydrogen-bond donors (Lipinski definition) is 2. The van der Waals surface area contributed by atoms with Gasteiger partial charge in [0.15, 0.2) is 5.82 Å². The number of aliphatic carboxylic acids is 1. The van der Waals surface area contributed by atoms with Crippen LogP contribution in [-0.4, -0.2) is 27.8 Å². The van der Waals surface area contributed by atoms with Crippen LogP contribution in [0.3, 0.4) is 0 Å². The summed E-state index contributed by atoms with van der Waals surface area (Å²) in [4.78, 5) is 10.4. The Morgan fingerprint density at radius 3 is 2.81 bits per heavy atom. The van der Waals surface area contributed by atoms with E-state index in [1.807, 2.05) is 13.0 Å². The van der Waals surface area contributed by atoms with Gasteiger partial charge < -0.3 is 10.4 Å². The fraction of sp³-hybridized carbons (Fsp3) is 0.267. The van der Waals surface area contributed by atoms with Gasteiger partial charge >= 0.3 is 5.97 Å². The van der Waals surface area contributed by atoms with E-state index >= 15 is 0 Å². The first-order chi connectivity index (χ1) is 10.1. The van der Waals surface area contributed by atoms with Gasteiger partial charge in [-0.25, -0.2) is 4.39 Å². The predicted molar refractivity (Wildman–Crippen MR) is 77.5 cm³/mol. The lowest BCUT2D eigenvalue weighted by Gasteiger charge is -2.08. The van der Waals surface area contributed by atoms with Crippen molar-refractivity contribution in [3.05, 3.63) is 41.7 Å². The van der Waals surface area contributed by atoms with Crippen molar-refractivity contribution in [2.75, 3.05) is 11.9 Å². The number of nitrogens with one attached hydrogen (secondary N) is 1. The zero-order valence-electron chi connectivity index (χ0n) is 11.6. The van der Waals surface area contributed by atoms with Crippen LogP contribution in [0, 0.1) is 12.7 Å². The maximum absolute atomic E-state index is 13.2. The molecule has 0 aliphatic carbocycles. The van der Waals surface area contributed by atoms with Crippen molar-refractivity contribution in [2.45, 2.75) is 19.8 Å². The van der Waals surface area contributed by atoms with E-state index in [-0.39, 0.29) is 12.2 Å². The van der Waals surface area contributed by atoms with Crippen LogP contribution in [-0.2, 0) is 4.79 Å². The highest BCUT2D eigenvalue weighted by Crippen LogP contribution is 2.20. The third kappa shape index (κ3) is 4.24. The molecule has 21 heavy (non-hydrogen) atoms. The van der Waals surface area contributed by atoms with Crippen LogP contribution in [0.5, 0.6) is 0 Å². The van der Waals surface area contributed by atoms with Gasteiger partial charge in [-0.05, 0) is 37.1 Å². The monoisotopic (exact) mass is 289 g/mol. The molecule has 2 aromatic rings. The van der Waals surface area contributed by atoms with Crippen LogP contribution in [0.1, 0.15) is 18.4 Å². The average Bonchev–Trinajstić information content (AvgIpc) is 2.44. The highest BCUT2D eigenvalue weighted by Gasteiger charge is 2.06. The molecule has 0 unspecified atom stereocenters. The summed E-state index contributed by atoms with van der Waals surface area (Å²) in [7, 11) is 0. The van der Waals surface area contributed by atoms with E-state index in [4.69, 9.17) is 5.11 Å². The Bertz CT molecular complexity index is 647. The van der Waals surface area contributed by atoms with Crippen LogP contribution in [0.15, 0.2) is 30.3 Å². The Hall–Kier alpha value is -2.50. The first-order valence-corrected chi connectivity index (χ1v) is 6.62. The third-order valence-corrected chi connectivity index (χ3v) is 2.96. The molecule has 0 aliphatic heterocycles. The van der Waals surface area contributed by atoms with Crippen molar-refractivity contribution >= 4 is 11.8 Å². The van der Waals surface area contributed by atoms with Gasteiger partial charge in [0, 0.05) is 18.5 Å². The maximum atomic E-state index is 13.2. The third-order valence-electron chi connectivity index (χ3n) is 2.96. The molecule has 0 amide bonds. The van der Waals surface area contributed by atoms with E-state index < -0.39 is 5.97 Å². The van der Waals surface area contributed by atoms with Crippen LogP contribution < -0.4 is 5.32 Å². The summed E-state index contributed by atoms with van der Waals surface area (Å²) < 4.78 is 13.2. The number of nitrogens with zero attached hydrogens (tertiary/aromatic N) is 2. The van der Waals surface area contributed by atoms with Gasteiger partial charge in [0.2, 0.25) is 0 Å². The quantitative estimate of drug-likeness (QED) is 0.800. The number of aryl methyl sites for hydroxylation is 1. The number of carbonyl (C=O) groups is 1. The van der Waals surface area contributed by atoms with Crippen molar-refractivity contribution in [2.24, 2.45) is 0 Å². The molecular formula is C15H16FN3O2. The summed E-state index contributed by atoms with van der Waals surface area (Å²) in [5.41, 5.74) is 2.14. The molecule has 0 aliphatic rings. The van der Waals surface area contributed by atoms with Crippen molar-refractivity contribution in [1.29, 1.82) is 0 Å². The number of rotatable bonds is 6. The first-order valence-electron chi connectivity index (χ1n) is 6.62. The summed E-state index contributed by atoms with van der Waals surface area (Å²) in [6.45, 7) is 2.39. The zero-order chi connectivity index (χ0) is 15.2. The Kier molecular flexibility index (Phi) is 4.81. The highest BCUT2D eigenvalue weighted by molar-refractivity contribution is 5.66. The molecule has 0 saturated carbocycles. The molecule has 6 heteroatoms. The lowest BCUT2D eigenvalue weighted by Crippen LogP contribution is -2.08. The van der Waals surface area contributed by atoms with Gasteiger partial charge in [-0.3, -0.25) is 4.79 Å². The normalized spacial score (nSPS) is 10.4. The molecule has 1 heterocycles. The Balaban J connectivity index is 2.05. The van der Waals surface area contributed by atoms with E-state index in [0.717, 1.165) is 5.56 Å². The van der Waals surface area contributed by atoms with Crippen molar-refractivity contribution in [3.8, 4) is 11.3 Å². The number of carboxylic acid groups (broad SMARTS) is 1. The lowest BCUT2D eigenvalue weighted by atomic mass is 10.1. The van der Waals surface area contributed by atoms with E-state index in [9.17, 15) is 9.18 Å². The van der Waals surface area contributed by atoms with Crippen molar-refractivity contribution in [3.63, 3.8) is 0 Å². The highest BCUT2D eigenvalue weighted by atomic mass is 19.1. The summed E-state index contributed by atoms with van der Waals surface area (Å²) in [5, 5.41) is 19.8. The molecule has 0 atom stereocenters. The standard InChI is InChI=1S/C15H16FN3O2/c1-10-8-13(11-4-2-5-12(16)9-11)18-19-15(10)17-7-3-6-14(20)21/h2,4-5,8-9H,3,6-7H2,1H3,(H,17,19)(H,20,21). The largest absolute Gasteiger partial charge is 0.481 e. The molecule has 0 radical (unpaired) electrons. The second kappa shape index (κ2) is 6.78. The van der Waals surface area contributed by atoms with Crippen LogP contribution in [0.25, 0.3) is 11.3 Å². The topological polar surface area (TPSA) is 75.1 Å². The average molecular weight is 289 g/mol. The molecule has 110 valence electrons. The number of benzene rings is 1. The SMILES string of the molecule is Cc1cc(-c2cccc(F)c2)nnc1NCCCC(=O)O. The molecule has 2 rings (SSSR count). The van der Waals surface area contributed by atoms with E-state index in [0.29, 0.717) is 30.0 Å². The van der Waals surface area contributed by atoms with E-state index in [1.165, 1.54) is 12.1 Å². The van der Waals surface area contributed by atoms with Crippen molar-refractivity contribution in [1.82, 2.24) is 10.2 Å². The summed E-state index contributed by atoms with van der Waals surface area (Å²) in [6.07, 6.45) is 0.628. The number of anilines is 1. The molecule has 0 fully saturated rings. The first kappa shape index (κ1) is 14.9. The summed E-state index contributed by atoms with van der Waals surface area (Å²) in [6, 6.07) is 8.00. The number of aromatic nitrogens is 2. The van der Waals surface area contributed by atoms with Gasteiger partial charge in [-0.15, -0.1) is 10.2 Å². The second-order valence-corrected chi connectivity index (χ2v) is 4.70. The molecule has 5 nitrogen and oxygen atoms in total. The Labute approximate surface area is 121 Å². The van der Waals surface area contributed by atoms with Crippen LogP contribution in [0.4, 0.5) is 10.2 Å². The van der Waals surface area contributed by atoms with Gasteiger partial charge in [0.05, 0.1) is 5.69 Å². The van der Waals surface area contributed by atoms with Crippen molar-refractivity contribution < 1.29 is 14.3 Å². The molecule has 1 aromatic heterocycles. The lowest BCUT2D eigenvalue weighted by molar-refractivity contribution is -0.137. The Morgan fingerprint density at radius 1 is 1.33 bits per heavy atom. The molecule has 0 spiro atoms. The summed E-state index contributed by atoms with van der Waals surface area (Å²) >= 11 is 0. The van der Waals surface area contributed by atoms with Gasteiger partial charge in [-0.2, -0.15) is 0 Å². The minimum atomic E-state index is -0.818. The number of hydrogen-bond acceptors (Lipinski definition) is 4. The van der Waals surface area contributed by atoms with Gasteiger partial charge in [0.1, 0.15) is 5.82 Å². The van der Waals surface area contributed by atoms with Gasteiger partial charge in [-0.1, -0.05) is 12.1 Å². The van der Waals surface area contributed by atoms with E-state index in [1.54, 1.807) is 12.1 Å².